The zero-order chi connectivity index (χ0) is 14.2. The van der Waals surface area contributed by atoms with Gasteiger partial charge in [0.1, 0.15) is 5.66 Å². The summed E-state index contributed by atoms with van der Waals surface area (Å²) in [7, 11) is 0. The summed E-state index contributed by atoms with van der Waals surface area (Å²) in [5.41, 5.74) is 1.66. The van der Waals surface area contributed by atoms with Crippen molar-refractivity contribution in [1.82, 2.24) is 4.90 Å². The van der Waals surface area contributed by atoms with E-state index in [4.69, 9.17) is 0 Å². The van der Waals surface area contributed by atoms with Crippen molar-refractivity contribution in [3.63, 3.8) is 0 Å². The van der Waals surface area contributed by atoms with Crippen molar-refractivity contribution in [3.05, 3.63) is 29.8 Å². The summed E-state index contributed by atoms with van der Waals surface area (Å²) in [5, 5.41) is 9.51. The molecular weight excluding hydrogens is 254 g/mol. The van der Waals surface area contributed by atoms with Crippen molar-refractivity contribution in [1.29, 1.82) is 0 Å². The second-order valence-corrected chi connectivity index (χ2v) is 5.56. The Hall–Kier alpha value is -2.04. The maximum Gasteiger partial charge on any atom is 0.409 e. The first-order valence-corrected chi connectivity index (χ1v) is 7.01. The molecule has 1 saturated heterocycles. The van der Waals surface area contributed by atoms with Gasteiger partial charge in [0.05, 0.1) is 12.9 Å². The minimum Gasteiger partial charge on any atom is -0.465 e. The van der Waals surface area contributed by atoms with Crippen LogP contribution in [-0.2, 0) is 6.54 Å². The molecule has 5 heteroatoms. The van der Waals surface area contributed by atoms with E-state index in [0.717, 1.165) is 30.5 Å². The molecule has 5 nitrogen and oxygen atoms in total. The van der Waals surface area contributed by atoms with Gasteiger partial charge in [-0.25, -0.2) is 4.79 Å². The van der Waals surface area contributed by atoms with Gasteiger partial charge in [-0.15, -0.1) is 0 Å². The average molecular weight is 273 g/mol. The van der Waals surface area contributed by atoms with E-state index >= 15 is 0 Å². The molecule has 1 aromatic carbocycles. The standard InChI is InChI=1S/C15H19N3O2/c1-15(8-4-5-9-17(15)14(19)20)18-11-16-10-12-6-2-3-7-13(12)18/h2-3,6-7,11H,4-5,8-10H2,1H3,(H,19,20). The highest BCUT2D eigenvalue weighted by Crippen LogP contribution is 2.37. The quantitative estimate of drug-likeness (QED) is 0.856. The van der Waals surface area contributed by atoms with Crippen LogP contribution in [-0.4, -0.2) is 34.6 Å². The molecule has 1 fully saturated rings. The van der Waals surface area contributed by atoms with Crippen molar-refractivity contribution in [2.45, 2.75) is 38.4 Å². The number of aliphatic imine (C=N–C) groups is 1. The van der Waals surface area contributed by atoms with Gasteiger partial charge in [0.2, 0.25) is 0 Å². The van der Waals surface area contributed by atoms with Crippen molar-refractivity contribution in [3.8, 4) is 0 Å². The summed E-state index contributed by atoms with van der Waals surface area (Å²) >= 11 is 0. The number of amides is 1. The first-order chi connectivity index (χ1) is 9.63. The summed E-state index contributed by atoms with van der Waals surface area (Å²) < 4.78 is 0. The minimum absolute atomic E-state index is 0.551. The molecule has 106 valence electrons. The minimum atomic E-state index is -0.858. The number of carboxylic acid groups (broad SMARTS) is 1. The maximum atomic E-state index is 11.6. The van der Waals surface area contributed by atoms with E-state index in [1.54, 1.807) is 11.2 Å². The number of benzene rings is 1. The van der Waals surface area contributed by atoms with Crippen LogP contribution in [0, 0.1) is 0 Å². The molecule has 0 saturated carbocycles. The lowest BCUT2D eigenvalue weighted by atomic mass is 9.94. The Morgan fingerprint density at radius 3 is 2.95 bits per heavy atom. The molecule has 1 N–H and O–H groups in total. The number of hydrogen-bond acceptors (Lipinski definition) is 3. The SMILES string of the molecule is CC1(N2C=NCc3ccccc32)CCCCN1C(=O)O. The fraction of sp³-hybridized carbons (Fsp3) is 0.467. The molecule has 1 aromatic rings. The number of hydrogen-bond donors (Lipinski definition) is 1. The zero-order valence-electron chi connectivity index (χ0n) is 11.6. The highest BCUT2D eigenvalue weighted by Gasteiger charge is 2.43. The van der Waals surface area contributed by atoms with Gasteiger partial charge < -0.3 is 10.0 Å². The van der Waals surface area contributed by atoms with Gasteiger partial charge in [0, 0.05) is 12.2 Å². The van der Waals surface area contributed by atoms with Gasteiger partial charge in [-0.05, 0) is 37.8 Å². The third-order valence-corrected chi connectivity index (χ3v) is 4.32. The molecule has 1 amide bonds. The Labute approximate surface area is 118 Å². The van der Waals surface area contributed by atoms with Crippen molar-refractivity contribution in [2.24, 2.45) is 4.99 Å². The van der Waals surface area contributed by atoms with Crippen LogP contribution in [0.25, 0.3) is 0 Å². The molecule has 0 aromatic heterocycles. The molecule has 20 heavy (non-hydrogen) atoms. The zero-order valence-corrected chi connectivity index (χ0v) is 11.6. The number of rotatable bonds is 1. The second-order valence-electron chi connectivity index (χ2n) is 5.56. The fourth-order valence-corrected chi connectivity index (χ4v) is 3.20. The van der Waals surface area contributed by atoms with Crippen LogP contribution in [0.3, 0.4) is 0 Å². The van der Waals surface area contributed by atoms with E-state index in [1.165, 1.54) is 0 Å². The van der Waals surface area contributed by atoms with Gasteiger partial charge in [0.15, 0.2) is 0 Å². The summed E-state index contributed by atoms with van der Waals surface area (Å²) in [6.07, 6.45) is 3.72. The maximum absolute atomic E-state index is 11.6. The monoisotopic (exact) mass is 273 g/mol. The molecule has 1 unspecified atom stereocenters. The van der Waals surface area contributed by atoms with E-state index in [1.807, 2.05) is 30.0 Å². The third kappa shape index (κ3) is 1.94. The van der Waals surface area contributed by atoms with Crippen LogP contribution in [0.4, 0.5) is 10.5 Å². The molecule has 1 atom stereocenters. The number of likely N-dealkylation sites (tertiary alicyclic amines) is 1. The first kappa shape index (κ1) is 13.0. The van der Waals surface area contributed by atoms with Crippen LogP contribution in [0.2, 0.25) is 0 Å². The highest BCUT2D eigenvalue weighted by molar-refractivity contribution is 5.85. The van der Waals surface area contributed by atoms with Crippen molar-refractivity contribution < 1.29 is 9.90 Å². The van der Waals surface area contributed by atoms with Crippen LogP contribution in [0.1, 0.15) is 31.7 Å². The predicted octanol–water partition coefficient (Wildman–Crippen LogP) is 2.92. The molecule has 0 aliphatic carbocycles. The smallest absolute Gasteiger partial charge is 0.409 e. The molecule has 2 heterocycles. The predicted molar refractivity (Wildman–Crippen MR) is 78.1 cm³/mol. The molecule has 2 aliphatic rings. The topological polar surface area (TPSA) is 56.1 Å². The largest absolute Gasteiger partial charge is 0.465 e. The van der Waals surface area contributed by atoms with E-state index in [0.29, 0.717) is 13.1 Å². The summed E-state index contributed by atoms with van der Waals surface area (Å²) in [6.45, 7) is 3.24. The van der Waals surface area contributed by atoms with E-state index in [-0.39, 0.29) is 0 Å². The summed E-state index contributed by atoms with van der Waals surface area (Å²) in [5.74, 6) is 0. The lowest BCUT2D eigenvalue weighted by Gasteiger charge is -2.50. The van der Waals surface area contributed by atoms with Gasteiger partial charge >= 0.3 is 6.09 Å². The first-order valence-electron chi connectivity index (χ1n) is 7.01. The van der Waals surface area contributed by atoms with Gasteiger partial charge in [0.25, 0.3) is 0 Å². The number of piperidine rings is 1. The highest BCUT2D eigenvalue weighted by atomic mass is 16.4. The Morgan fingerprint density at radius 1 is 1.35 bits per heavy atom. The number of anilines is 1. The Morgan fingerprint density at radius 2 is 2.15 bits per heavy atom. The van der Waals surface area contributed by atoms with Crippen molar-refractivity contribution >= 4 is 18.1 Å². The van der Waals surface area contributed by atoms with E-state index in [2.05, 4.69) is 11.1 Å². The van der Waals surface area contributed by atoms with Gasteiger partial charge in [-0.1, -0.05) is 18.2 Å². The lowest BCUT2D eigenvalue weighted by molar-refractivity contribution is 0.0630. The molecule has 0 radical (unpaired) electrons. The number of fused-ring (bicyclic) bond motifs is 1. The van der Waals surface area contributed by atoms with Crippen LogP contribution >= 0.6 is 0 Å². The number of carbonyl (C=O) groups is 1. The third-order valence-electron chi connectivity index (χ3n) is 4.32. The number of nitrogens with zero attached hydrogens (tertiary/aromatic N) is 3. The Kier molecular flexibility index (Phi) is 3.12. The summed E-state index contributed by atoms with van der Waals surface area (Å²) in [4.78, 5) is 19.5. The fourth-order valence-electron chi connectivity index (χ4n) is 3.20. The Bertz CT molecular complexity index is 558. The lowest BCUT2D eigenvalue weighted by Crippen LogP contribution is -2.62. The van der Waals surface area contributed by atoms with Gasteiger partial charge in [-0.3, -0.25) is 9.89 Å². The van der Waals surface area contributed by atoms with E-state index < -0.39 is 11.8 Å². The molecule has 0 bridgehead atoms. The van der Waals surface area contributed by atoms with Gasteiger partial charge in [-0.2, -0.15) is 0 Å². The van der Waals surface area contributed by atoms with Crippen LogP contribution < -0.4 is 4.90 Å². The Balaban J connectivity index is 2.03. The average Bonchev–Trinajstić information content (AvgIpc) is 2.46. The van der Waals surface area contributed by atoms with Crippen LogP contribution in [0.15, 0.2) is 29.3 Å². The van der Waals surface area contributed by atoms with Crippen molar-refractivity contribution in [2.75, 3.05) is 11.4 Å². The molecular formula is C15H19N3O2. The molecule has 0 spiro atoms. The molecule has 2 aliphatic heterocycles. The second kappa shape index (κ2) is 4.81. The normalized spacial score (nSPS) is 25.4. The van der Waals surface area contributed by atoms with Crippen LogP contribution in [0.5, 0.6) is 0 Å². The molecule has 3 rings (SSSR count). The number of para-hydroxylation sites is 1. The van der Waals surface area contributed by atoms with E-state index in [9.17, 15) is 9.90 Å². The summed E-state index contributed by atoms with van der Waals surface area (Å²) in [6, 6.07) is 8.08.